The lowest BCUT2D eigenvalue weighted by molar-refractivity contribution is 0.258. The molecule has 0 spiro atoms. The van der Waals surface area contributed by atoms with E-state index in [-0.39, 0.29) is 5.41 Å². The lowest BCUT2D eigenvalue weighted by atomic mass is 9.96. The quantitative estimate of drug-likeness (QED) is 0.866. The molecule has 2 aromatic rings. The molecule has 1 fully saturated rings. The largest absolute Gasteiger partial charge is 0.312 e. The number of hydrogen-bond donors (Lipinski definition) is 0. The fraction of sp³-hybridized carbons (Fsp3) is 0.667. The van der Waals surface area contributed by atoms with Crippen molar-refractivity contribution >= 4 is 11.2 Å². The summed E-state index contributed by atoms with van der Waals surface area (Å²) in [4.78, 5) is 12.1. The monoisotopic (exact) mass is 300 g/mol. The van der Waals surface area contributed by atoms with Crippen LogP contribution in [0.2, 0.25) is 0 Å². The van der Waals surface area contributed by atoms with Gasteiger partial charge in [0.15, 0.2) is 5.65 Å². The average Bonchev–Trinajstić information content (AvgIpc) is 3.03. The fourth-order valence-corrected chi connectivity index (χ4v) is 3.56. The maximum atomic E-state index is 4.90. The van der Waals surface area contributed by atoms with Gasteiger partial charge in [-0.15, -0.1) is 0 Å². The van der Waals surface area contributed by atoms with E-state index < -0.39 is 0 Å². The van der Waals surface area contributed by atoms with Crippen LogP contribution in [-0.2, 0) is 13.0 Å². The first-order valence-electron chi connectivity index (χ1n) is 8.52. The summed E-state index contributed by atoms with van der Waals surface area (Å²) < 4.78 is 2.35. The van der Waals surface area contributed by atoms with Crippen molar-refractivity contribution in [3.05, 3.63) is 24.2 Å². The molecule has 22 heavy (non-hydrogen) atoms. The van der Waals surface area contributed by atoms with Crippen LogP contribution in [0.4, 0.5) is 0 Å². The number of likely N-dealkylation sites (N-methyl/N-ethyl adjacent to an activating group) is 1. The van der Waals surface area contributed by atoms with Gasteiger partial charge in [0.1, 0.15) is 11.3 Å². The summed E-state index contributed by atoms with van der Waals surface area (Å²) in [6.07, 6.45) is 5.53. The molecule has 0 aliphatic carbocycles. The van der Waals surface area contributed by atoms with Crippen molar-refractivity contribution in [3.63, 3.8) is 0 Å². The summed E-state index contributed by atoms with van der Waals surface area (Å²) in [5.41, 5.74) is 2.29. The van der Waals surface area contributed by atoms with Gasteiger partial charge in [-0.2, -0.15) is 0 Å². The fourth-order valence-electron chi connectivity index (χ4n) is 3.56. The van der Waals surface area contributed by atoms with Crippen molar-refractivity contribution in [3.8, 4) is 0 Å². The molecular weight excluding hydrogens is 272 g/mol. The summed E-state index contributed by atoms with van der Waals surface area (Å²) in [7, 11) is 0. The number of hydrogen-bond acceptors (Lipinski definition) is 3. The molecule has 3 heterocycles. The molecule has 1 saturated heterocycles. The Morgan fingerprint density at radius 1 is 1.32 bits per heavy atom. The topological polar surface area (TPSA) is 34.0 Å². The van der Waals surface area contributed by atoms with E-state index in [1.807, 2.05) is 12.3 Å². The minimum atomic E-state index is 0.222. The van der Waals surface area contributed by atoms with Crippen LogP contribution in [0.5, 0.6) is 0 Å². The van der Waals surface area contributed by atoms with Gasteiger partial charge in [-0.3, -0.25) is 0 Å². The van der Waals surface area contributed by atoms with Gasteiger partial charge in [0, 0.05) is 25.2 Å². The Kier molecular flexibility index (Phi) is 4.22. The molecule has 0 saturated carbocycles. The average molecular weight is 300 g/mol. The molecule has 1 unspecified atom stereocenters. The molecular formula is C18H28N4. The van der Waals surface area contributed by atoms with Gasteiger partial charge in [0.25, 0.3) is 0 Å². The highest BCUT2D eigenvalue weighted by atomic mass is 15.2. The van der Waals surface area contributed by atoms with Crippen LogP contribution >= 0.6 is 0 Å². The first-order chi connectivity index (χ1) is 10.5. The highest BCUT2D eigenvalue weighted by molar-refractivity contribution is 5.71. The molecule has 0 amide bonds. The molecule has 1 aliphatic rings. The number of pyridine rings is 1. The summed E-state index contributed by atoms with van der Waals surface area (Å²) >= 11 is 0. The Morgan fingerprint density at radius 3 is 2.86 bits per heavy atom. The highest BCUT2D eigenvalue weighted by Gasteiger charge is 2.26. The van der Waals surface area contributed by atoms with Crippen molar-refractivity contribution in [1.82, 2.24) is 19.4 Å². The number of rotatable bonds is 4. The molecule has 0 aromatic carbocycles. The first kappa shape index (κ1) is 15.5. The number of imidazole rings is 1. The second-order valence-corrected chi connectivity index (χ2v) is 7.65. The smallest absolute Gasteiger partial charge is 0.160 e. The third-order valence-electron chi connectivity index (χ3n) is 4.54. The van der Waals surface area contributed by atoms with Crippen molar-refractivity contribution in [2.24, 2.45) is 5.41 Å². The second-order valence-electron chi connectivity index (χ2n) is 7.65. The lowest BCUT2D eigenvalue weighted by Gasteiger charge is -2.25. The SMILES string of the molecule is CCN1CCCC1Cc1nc2cccnc2n1CC(C)(C)C. The third-order valence-corrected chi connectivity index (χ3v) is 4.54. The van der Waals surface area contributed by atoms with E-state index in [0.717, 1.165) is 30.7 Å². The normalized spacial score (nSPS) is 20.1. The molecule has 120 valence electrons. The van der Waals surface area contributed by atoms with Crippen molar-refractivity contribution < 1.29 is 0 Å². The van der Waals surface area contributed by atoms with E-state index in [9.17, 15) is 0 Å². The van der Waals surface area contributed by atoms with Gasteiger partial charge in [0.2, 0.25) is 0 Å². The van der Waals surface area contributed by atoms with E-state index >= 15 is 0 Å². The van der Waals surface area contributed by atoms with Crippen LogP contribution < -0.4 is 0 Å². The zero-order valence-corrected chi connectivity index (χ0v) is 14.3. The van der Waals surface area contributed by atoms with Crippen LogP contribution in [0.15, 0.2) is 18.3 Å². The van der Waals surface area contributed by atoms with E-state index in [1.54, 1.807) is 0 Å². The van der Waals surface area contributed by atoms with Crippen molar-refractivity contribution in [1.29, 1.82) is 0 Å². The Bertz CT molecular complexity index is 638. The zero-order chi connectivity index (χ0) is 15.7. The standard InChI is InChI=1S/C18H28N4/c1-5-21-11-7-8-14(21)12-16-20-15-9-6-10-19-17(15)22(16)13-18(2,3)4/h6,9-10,14H,5,7-8,11-13H2,1-4H3. The molecule has 4 heteroatoms. The van der Waals surface area contributed by atoms with E-state index in [1.165, 1.54) is 25.2 Å². The van der Waals surface area contributed by atoms with E-state index in [2.05, 4.69) is 48.2 Å². The molecule has 1 atom stereocenters. The first-order valence-corrected chi connectivity index (χ1v) is 8.52. The summed E-state index contributed by atoms with van der Waals surface area (Å²) in [6.45, 7) is 12.4. The number of nitrogens with zero attached hydrogens (tertiary/aromatic N) is 4. The van der Waals surface area contributed by atoms with Gasteiger partial charge < -0.3 is 9.47 Å². The van der Waals surface area contributed by atoms with E-state index in [4.69, 9.17) is 4.98 Å². The number of aromatic nitrogens is 3. The molecule has 0 radical (unpaired) electrons. The Balaban J connectivity index is 1.95. The Morgan fingerprint density at radius 2 is 2.14 bits per heavy atom. The molecule has 4 nitrogen and oxygen atoms in total. The summed E-state index contributed by atoms with van der Waals surface area (Å²) in [6, 6.07) is 4.70. The molecule has 2 aromatic heterocycles. The number of likely N-dealkylation sites (tertiary alicyclic amines) is 1. The van der Waals surface area contributed by atoms with E-state index in [0.29, 0.717) is 6.04 Å². The van der Waals surface area contributed by atoms with Gasteiger partial charge in [0.05, 0.1) is 0 Å². The number of fused-ring (bicyclic) bond motifs is 1. The molecule has 1 aliphatic heterocycles. The zero-order valence-electron chi connectivity index (χ0n) is 14.3. The predicted molar refractivity (Wildman–Crippen MR) is 91.0 cm³/mol. The lowest BCUT2D eigenvalue weighted by Crippen LogP contribution is -2.32. The minimum absolute atomic E-state index is 0.222. The van der Waals surface area contributed by atoms with Gasteiger partial charge in [-0.25, -0.2) is 9.97 Å². The highest BCUT2D eigenvalue weighted by Crippen LogP contribution is 2.25. The molecule has 0 N–H and O–H groups in total. The minimum Gasteiger partial charge on any atom is -0.312 e. The Hall–Kier alpha value is -1.42. The van der Waals surface area contributed by atoms with Crippen molar-refractivity contribution in [2.75, 3.05) is 13.1 Å². The van der Waals surface area contributed by atoms with Crippen LogP contribution in [-0.4, -0.2) is 38.6 Å². The van der Waals surface area contributed by atoms with Gasteiger partial charge in [-0.1, -0.05) is 27.7 Å². The van der Waals surface area contributed by atoms with Gasteiger partial charge in [-0.05, 0) is 43.5 Å². The van der Waals surface area contributed by atoms with Crippen LogP contribution in [0, 0.1) is 5.41 Å². The second kappa shape index (κ2) is 5.99. The Labute approximate surface area is 133 Å². The molecule has 0 bridgehead atoms. The predicted octanol–water partition coefficient (Wildman–Crippen LogP) is 3.50. The maximum absolute atomic E-state index is 4.90. The van der Waals surface area contributed by atoms with Gasteiger partial charge >= 0.3 is 0 Å². The van der Waals surface area contributed by atoms with Crippen LogP contribution in [0.3, 0.4) is 0 Å². The third kappa shape index (κ3) is 3.17. The summed E-state index contributed by atoms with van der Waals surface area (Å²) in [5, 5.41) is 0. The van der Waals surface area contributed by atoms with Crippen LogP contribution in [0.1, 0.15) is 46.4 Å². The molecule has 3 rings (SSSR count). The maximum Gasteiger partial charge on any atom is 0.160 e. The van der Waals surface area contributed by atoms with Crippen molar-refractivity contribution in [2.45, 2.75) is 59.5 Å². The van der Waals surface area contributed by atoms with Crippen LogP contribution in [0.25, 0.3) is 11.2 Å². The summed E-state index contributed by atoms with van der Waals surface area (Å²) in [5.74, 6) is 1.20.